The van der Waals surface area contributed by atoms with E-state index < -0.39 is 0 Å². The van der Waals surface area contributed by atoms with Crippen LogP contribution in [-0.4, -0.2) is 3.21 Å². The molecule has 6 aromatic rings. The van der Waals surface area contributed by atoms with E-state index >= 15 is 0 Å². The van der Waals surface area contributed by atoms with Crippen LogP contribution < -0.4 is 24.8 Å². The van der Waals surface area contributed by atoms with Crippen molar-refractivity contribution in [2.24, 2.45) is 0 Å². The summed E-state index contributed by atoms with van der Waals surface area (Å²) in [6.45, 7) is 19.8. The van der Waals surface area contributed by atoms with E-state index in [1.807, 2.05) is 12.1 Å². The fourth-order valence-electron chi connectivity index (χ4n) is 5.90. The van der Waals surface area contributed by atoms with E-state index in [9.17, 15) is 0 Å². The molecule has 0 bridgehead atoms. The van der Waals surface area contributed by atoms with Crippen LogP contribution in [-0.2, 0) is 74.1 Å². The summed E-state index contributed by atoms with van der Waals surface area (Å²) < 4.78 is 1.51. The largest absolute Gasteiger partial charge is 4.00 e. The zero-order valence-corrected chi connectivity index (χ0v) is 41.2. The minimum Gasteiger partial charge on any atom is -1.00 e. The first kappa shape index (κ1) is 54.5. The fourth-order valence-corrected chi connectivity index (χ4v) is 5.90. The Kier molecular flexibility index (Phi) is 25.8. The number of halogens is 4. The zero-order valence-electron chi connectivity index (χ0n) is 33.1. The van der Waals surface area contributed by atoms with Gasteiger partial charge in [-0.25, -0.2) is 12.1 Å². The summed E-state index contributed by atoms with van der Waals surface area (Å²) in [5.74, 6) is 0. The molecule has 2 aliphatic rings. The van der Waals surface area contributed by atoms with Crippen LogP contribution in [0.5, 0.6) is 0 Å². The standard InChI is InChI=1S/2C13H9.C10H15.C9H13.C3H6.4ClH.2Zr/c2*1-3-7-12-10(5-1)9-11-6-2-4-8-13(11)12;1-8-5-6-9(7-8)10(2,3)4;1-9(2,3)8-6-4-5-7-8;1-3-2;;;;;;/h2*1-5,7-8H,9H2;5-7H,1-4H3;4-7H,1-3H3;1-2H3;4*1H;;/q4*-1;;;;;;+2;+4/p-2. The molecule has 0 radical (unpaired) electrons. The van der Waals surface area contributed by atoms with Crippen LogP contribution in [0.1, 0.15) is 94.3 Å². The first-order chi connectivity index (χ1) is 23.2. The van der Waals surface area contributed by atoms with Crippen LogP contribution in [0.4, 0.5) is 0 Å². The third kappa shape index (κ3) is 16.5. The van der Waals surface area contributed by atoms with Gasteiger partial charge in [0.25, 0.3) is 0 Å². The Morgan fingerprint density at radius 2 is 1.02 bits per heavy atom. The minimum atomic E-state index is 0. The summed E-state index contributed by atoms with van der Waals surface area (Å²) in [7, 11) is 0. The van der Waals surface area contributed by atoms with Gasteiger partial charge in [0.1, 0.15) is 0 Å². The van der Waals surface area contributed by atoms with E-state index in [0.29, 0.717) is 10.8 Å². The molecule has 0 heterocycles. The van der Waals surface area contributed by atoms with Crippen LogP contribution in [0.25, 0.3) is 22.3 Å². The Morgan fingerprint density at radius 1 is 0.611 bits per heavy atom. The molecule has 6 aromatic carbocycles. The molecule has 6 heteroatoms. The van der Waals surface area contributed by atoms with E-state index in [2.05, 4.69) is 190 Å². The number of hydrogen-bond donors (Lipinski definition) is 0. The Bertz CT molecular complexity index is 1760. The monoisotopic (exact) mass is 950 g/mol. The van der Waals surface area contributed by atoms with Gasteiger partial charge in [-0.3, -0.25) is 0 Å². The molecule has 282 valence electrons. The molecular formula is C48H54Cl4Zr2. The maximum Gasteiger partial charge on any atom is 4.00 e. The van der Waals surface area contributed by atoms with Crippen molar-refractivity contribution in [3.63, 3.8) is 0 Å². The molecular weight excluding hydrogens is 901 g/mol. The van der Waals surface area contributed by atoms with Crippen molar-refractivity contribution in [2.75, 3.05) is 0 Å². The van der Waals surface area contributed by atoms with Gasteiger partial charge in [0, 0.05) is 0 Å². The number of hydrogen-bond acceptors (Lipinski definition) is 0. The first-order valence-electron chi connectivity index (χ1n) is 17.4. The Labute approximate surface area is 386 Å². The quantitative estimate of drug-likeness (QED) is 0.139. The zero-order chi connectivity index (χ0) is 35.6. The van der Waals surface area contributed by atoms with Crippen molar-refractivity contribution >= 4 is 28.0 Å². The molecule has 0 saturated carbocycles. The smallest absolute Gasteiger partial charge is 1.00 e. The van der Waals surface area contributed by atoms with Gasteiger partial charge in [0.05, 0.1) is 0 Å². The molecule has 0 N–H and O–H groups in total. The van der Waals surface area contributed by atoms with Gasteiger partial charge in [-0.2, -0.15) is 107 Å². The topological polar surface area (TPSA) is 0 Å². The molecule has 0 atom stereocenters. The van der Waals surface area contributed by atoms with Crippen molar-refractivity contribution in [3.05, 3.63) is 178 Å². The molecule has 0 nitrogen and oxygen atoms in total. The molecule has 0 aliphatic heterocycles. The van der Waals surface area contributed by atoms with Crippen LogP contribution >= 0.6 is 24.8 Å². The van der Waals surface area contributed by atoms with Crippen molar-refractivity contribution < 1.29 is 75.3 Å². The Morgan fingerprint density at radius 3 is 1.33 bits per heavy atom. The van der Waals surface area contributed by atoms with Crippen LogP contribution in [0.3, 0.4) is 0 Å². The average molecular weight is 955 g/mol. The second-order valence-electron chi connectivity index (χ2n) is 15.1. The second-order valence-corrected chi connectivity index (χ2v) is 17.6. The van der Waals surface area contributed by atoms with E-state index in [0.717, 1.165) is 12.8 Å². The summed E-state index contributed by atoms with van der Waals surface area (Å²) in [5, 5.41) is 0. The van der Waals surface area contributed by atoms with Gasteiger partial charge in [-0.05, 0) is 12.8 Å². The van der Waals surface area contributed by atoms with Gasteiger partial charge in [0.2, 0.25) is 0 Å². The predicted octanol–water partition coefficient (Wildman–Crippen LogP) is 7.42. The van der Waals surface area contributed by atoms with Gasteiger partial charge in [-0.1, -0.05) is 130 Å². The molecule has 2 aliphatic carbocycles. The first-order valence-corrected chi connectivity index (χ1v) is 18.6. The number of fused-ring (bicyclic) bond motifs is 6. The second kappa shape index (κ2) is 25.6. The van der Waals surface area contributed by atoms with E-state index in [1.165, 1.54) is 64.4 Å². The van der Waals surface area contributed by atoms with Crippen LogP contribution in [0.15, 0.2) is 127 Å². The van der Waals surface area contributed by atoms with Crippen molar-refractivity contribution in [3.8, 4) is 22.3 Å². The SMILES string of the molecule is CC(C)(C)c1cc[cH-]c1.C[C](C)=[Zr+2].Cc1cc(C(C)(C)C)c[cH-]1.Cl.Cl.[Cl-].[Cl-].[Zr+4].[c-]1cccc2c1Cc1ccccc1-2.[c-]1cccc2c1Cc1ccccc1-2. The number of aryl methyl sites for hydroxylation is 1. The van der Waals surface area contributed by atoms with E-state index in [-0.39, 0.29) is 75.8 Å². The maximum atomic E-state index is 3.30. The maximum absolute atomic E-state index is 3.30. The number of rotatable bonds is 0. The Hall–Kier alpha value is -1.62. The van der Waals surface area contributed by atoms with Crippen LogP contribution in [0, 0.1) is 19.1 Å². The third-order valence-electron chi connectivity index (χ3n) is 8.54. The summed E-state index contributed by atoms with van der Waals surface area (Å²) >= 11 is 1.55. The summed E-state index contributed by atoms with van der Waals surface area (Å²) in [6.07, 6.45) is 2.10. The molecule has 0 amide bonds. The molecule has 0 saturated heterocycles. The molecule has 8 rings (SSSR count). The summed E-state index contributed by atoms with van der Waals surface area (Å²) in [5.41, 5.74) is 15.9. The van der Waals surface area contributed by atoms with Crippen molar-refractivity contribution in [1.82, 2.24) is 0 Å². The normalized spacial score (nSPS) is 10.6. The van der Waals surface area contributed by atoms with Gasteiger partial charge < -0.3 is 24.8 Å². The summed E-state index contributed by atoms with van der Waals surface area (Å²) in [4.78, 5) is 0. The predicted molar refractivity (Wildman–Crippen MR) is 224 cm³/mol. The van der Waals surface area contributed by atoms with Crippen molar-refractivity contribution in [2.45, 2.75) is 86.0 Å². The molecule has 0 unspecified atom stereocenters. The third-order valence-corrected chi connectivity index (χ3v) is 8.54. The van der Waals surface area contributed by atoms with Gasteiger partial charge in [0.15, 0.2) is 0 Å². The van der Waals surface area contributed by atoms with E-state index in [4.69, 9.17) is 0 Å². The van der Waals surface area contributed by atoms with Gasteiger partial charge >= 0.3 is 67.5 Å². The van der Waals surface area contributed by atoms with Crippen molar-refractivity contribution in [1.29, 1.82) is 0 Å². The average Bonchev–Trinajstić information content (AvgIpc) is 3.87. The van der Waals surface area contributed by atoms with E-state index in [1.54, 1.807) is 24.2 Å². The molecule has 0 aromatic heterocycles. The molecule has 0 fully saturated rings. The minimum absolute atomic E-state index is 0. The molecule has 0 spiro atoms. The molecule has 54 heavy (non-hydrogen) atoms. The fraction of sp³-hybridized carbons (Fsp3) is 0.271. The summed E-state index contributed by atoms with van der Waals surface area (Å²) in [6, 6.07) is 51.3. The number of benzene rings is 4. The Balaban J connectivity index is 0. The van der Waals surface area contributed by atoms with Gasteiger partial charge in [-0.15, -0.1) is 35.9 Å². The van der Waals surface area contributed by atoms with Crippen LogP contribution in [0.2, 0.25) is 0 Å².